The van der Waals surface area contributed by atoms with Crippen LogP contribution in [0.3, 0.4) is 0 Å². The molecule has 3 atom stereocenters. The van der Waals surface area contributed by atoms with Gasteiger partial charge < -0.3 is 15.8 Å². The van der Waals surface area contributed by atoms with E-state index in [1.54, 1.807) is 6.92 Å². The first-order valence-electron chi connectivity index (χ1n) is 11.6. The highest BCUT2D eigenvalue weighted by molar-refractivity contribution is 5.90. The molecule has 0 radical (unpaired) electrons. The van der Waals surface area contributed by atoms with E-state index in [-0.39, 0.29) is 34.4 Å². The second kappa shape index (κ2) is 9.68. The van der Waals surface area contributed by atoms with Gasteiger partial charge in [0.15, 0.2) is 11.6 Å². The molecule has 4 rings (SSSR count). The summed E-state index contributed by atoms with van der Waals surface area (Å²) in [5.74, 6) is -1.50. The predicted molar refractivity (Wildman–Crippen MR) is 128 cm³/mol. The van der Waals surface area contributed by atoms with Crippen molar-refractivity contribution in [1.29, 1.82) is 0 Å². The van der Waals surface area contributed by atoms with E-state index in [4.69, 9.17) is 10.5 Å². The van der Waals surface area contributed by atoms with E-state index < -0.39 is 29.4 Å². The van der Waals surface area contributed by atoms with E-state index in [2.05, 4.69) is 27.1 Å². The molecule has 1 aliphatic rings. The van der Waals surface area contributed by atoms with E-state index in [1.807, 2.05) is 7.05 Å². The van der Waals surface area contributed by atoms with Crippen molar-refractivity contribution in [3.63, 3.8) is 0 Å². The van der Waals surface area contributed by atoms with E-state index in [0.29, 0.717) is 29.9 Å². The number of anilines is 2. The summed E-state index contributed by atoms with van der Waals surface area (Å²) in [4.78, 5) is 10.8. The minimum atomic E-state index is -4.90. The maximum atomic E-state index is 14.8. The Hall–Kier alpha value is -3.21. The number of hydrogen-bond donors (Lipinski definition) is 2. The van der Waals surface area contributed by atoms with Crippen LogP contribution < -0.4 is 15.8 Å². The Morgan fingerprint density at radius 3 is 2.53 bits per heavy atom. The van der Waals surface area contributed by atoms with Crippen molar-refractivity contribution >= 4 is 22.4 Å². The Balaban J connectivity index is 1.66. The second-order valence-corrected chi connectivity index (χ2v) is 9.31. The van der Waals surface area contributed by atoms with Gasteiger partial charge in [-0.05, 0) is 58.9 Å². The normalized spacial score (nSPS) is 19.6. The third-order valence-corrected chi connectivity index (χ3v) is 6.73. The first kappa shape index (κ1) is 25.9. The van der Waals surface area contributed by atoms with Gasteiger partial charge in [-0.15, -0.1) is 0 Å². The Bertz CT molecular complexity index is 1280. The molecule has 0 aliphatic carbocycles. The zero-order valence-electron chi connectivity index (χ0n) is 20.4. The van der Waals surface area contributed by atoms with Gasteiger partial charge in [-0.1, -0.05) is 0 Å². The lowest BCUT2D eigenvalue weighted by atomic mass is 10.0. The average Bonchev–Trinajstić information content (AvgIpc) is 3.10. The lowest BCUT2D eigenvalue weighted by Gasteiger charge is -2.23. The molecule has 1 aromatic heterocycles. The molecule has 1 fully saturated rings. The molecule has 2 heterocycles. The third kappa shape index (κ3) is 5.16. The number of alkyl halides is 3. The minimum absolute atomic E-state index is 0.00750. The van der Waals surface area contributed by atoms with Crippen LogP contribution in [0.25, 0.3) is 10.9 Å². The predicted octanol–water partition coefficient (Wildman–Crippen LogP) is 5.85. The fourth-order valence-electron chi connectivity index (χ4n) is 4.53. The highest BCUT2D eigenvalue weighted by Gasteiger charge is 2.36. The van der Waals surface area contributed by atoms with Crippen molar-refractivity contribution < 1.29 is 26.7 Å². The van der Waals surface area contributed by atoms with Crippen LogP contribution in [-0.4, -0.2) is 40.6 Å². The largest absolute Gasteiger partial charge is 0.489 e. The second-order valence-electron chi connectivity index (χ2n) is 9.31. The van der Waals surface area contributed by atoms with Crippen LogP contribution >= 0.6 is 0 Å². The van der Waals surface area contributed by atoms with Crippen LogP contribution in [0.2, 0.25) is 0 Å². The summed E-state index contributed by atoms with van der Waals surface area (Å²) in [5.41, 5.74) is 3.96. The van der Waals surface area contributed by atoms with Crippen LogP contribution in [0.1, 0.15) is 49.7 Å². The lowest BCUT2D eigenvalue weighted by Crippen LogP contribution is -2.34. The molecule has 36 heavy (non-hydrogen) atoms. The molecule has 0 spiro atoms. The SMILES string of the molecule is Cc1nc(N[C@H](C)c2cc(N)cc(C(F)(F)F)c2F)c2cc(OC[C@@H]3CC[C@H](C)N3C)c(F)cc2n1. The van der Waals surface area contributed by atoms with Crippen molar-refractivity contribution in [2.75, 3.05) is 24.7 Å². The van der Waals surface area contributed by atoms with Gasteiger partial charge in [0, 0.05) is 34.8 Å². The molecule has 2 aromatic carbocycles. The number of fused-ring (bicyclic) bond motifs is 1. The maximum Gasteiger partial charge on any atom is 0.419 e. The first-order chi connectivity index (χ1) is 16.8. The number of halogens is 5. The Morgan fingerprint density at radius 2 is 1.89 bits per heavy atom. The van der Waals surface area contributed by atoms with E-state index in [1.165, 1.54) is 19.1 Å². The van der Waals surface area contributed by atoms with Gasteiger partial charge in [0.25, 0.3) is 0 Å². The summed E-state index contributed by atoms with van der Waals surface area (Å²) < 4.78 is 75.3. The molecule has 3 aromatic rings. The Labute approximate surface area is 205 Å². The molecule has 0 saturated carbocycles. The number of ether oxygens (including phenoxy) is 1. The van der Waals surface area contributed by atoms with Crippen molar-refractivity contribution in [3.05, 3.63) is 52.9 Å². The maximum absolute atomic E-state index is 14.8. The average molecular weight is 510 g/mol. The van der Waals surface area contributed by atoms with Crippen LogP contribution in [-0.2, 0) is 6.18 Å². The molecule has 1 saturated heterocycles. The molecule has 194 valence electrons. The number of likely N-dealkylation sites (tertiary alicyclic amines) is 1. The highest BCUT2D eigenvalue weighted by atomic mass is 19.4. The first-order valence-corrected chi connectivity index (χ1v) is 11.6. The Kier molecular flexibility index (Phi) is 6.96. The number of nitrogens with two attached hydrogens (primary N) is 1. The molecule has 0 amide bonds. The molecule has 6 nitrogen and oxygen atoms in total. The van der Waals surface area contributed by atoms with Gasteiger partial charge in [-0.2, -0.15) is 13.2 Å². The summed E-state index contributed by atoms with van der Waals surface area (Å²) in [6.07, 6.45) is -2.94. The molecule has 0 unspecified atom stereocenters. The molecule has 11 heteroatoms. The number of aromatic nitrogens is 2. The fourth-order valence-corrected chi connectivity index (χ4v) is 4.53. The topological polar surface area (TPSA) is 76.3 Å². The molecule has 0 bridgehead atoms. The summed E-state index contributed by atoms with van der Waals surface area (Å²) in [6.45, 7) is 5.50. The van der Waals surface area contributed by atoms with Gasteiger partial charge in [-0.3, -0.25) is 4.90 Å². The zero-order valence-corrected chi connectivity index (χ0v) is 20.4. The van der Waals surface area contributed by atoms with Crippen molar-refractivity contribution in [2.24, 2.45) is 0 Å². The number of hydrogen-bond acceptors (Lipinski definition) is 6. The van der Waals surface area contributed by atoms with Gasteiger partial charge in [0.05, 0.1) is 17.1 Å². The van der Waals surface area contributed by atoms with Crippen LogP contribution in [0.4, 0.5) is 33.5 Å². The molecular weight excluding hydrogens is 481 g/mol. The molecule has 1 aliphatic heterocycles. The Morgan fingerprint density at radius 1 is 1.17 bits per heavy atom. The van der Waals surface area contributed by atoms with E-state index in [9.17, 15) is 22.0 Å². The quantitative estimate of drug-likeness (QED) is 0.321. The van der Waals surface area contributed by atoms with Crippen molar-refractivity contribution in [3.8, 4) is 5.75 Å². The molecule has 3 N–H and O–H groups in total. The number of benzene rings is 2. The van der Waals surface area contributed by atoms with E-state index in [0.717, 1.165) is 18.9 Å². The fraction of sp³-hybridized carbons (Fsp3) is 0.440. The van der Waals surface area contributed by atoms with Crippen molar-refractivity contribution in [2.45, 2.75) is 57.9 Å². The van der Waals surface area contributed by atoms with Gasteiger partial charge in [0.1, 0.15) is 24.1 Å². The van der Waals surface area contributed by atoms with Crippen LogP contribution in [0.5, 0.6) is 5.75 Å². The number of likely N-dealkylation sites (N-methyl/N-ethyl adjacent to an activating group) is 1. The number of aryl methyl sites for hydroxylation is 1. The standard InChI is InChI=1S/C25H28F5N5O/c1-12-5-6-16(35(12)4)11-36-22-9-18-21(10-20(22)26)33-14(3)34-24(18)32-13(2)17-7-15(31)8-19(23(17)27)25(28,29)30/h7-10,12-13,16H,5-6,11,31H2,1-4H3,(H,32,33,34)/t12-,13+,16-/m0/s1. The monoisotopic (exact) mass is 509 g/mol. The number of nitrogens with zero attached hydrogens (tertiary/aromatic N) is 3. The van der Waals surface area contributed by atoms with Gasteiger partial charge in [0.2, 0.25) is 0 Å². The summed E-state index contributed by atoms with van der Waals surface area (Å²) in [6, 6.07) is 4.00. The number of nitrogens with one attached hydrogen (secondary N) is 1. The number of rotatable bonds is 6. The van der Waals surface area contributed by atoms with Crippen LogP contribution in [0, 0.1) is 18.6 Å². The van der Waals surface area contributed by atoms with Crippen LogP contribution in [0.15, 0.2) is 24.3 Å². The number of nitrogen functional groups attached to an aromatic ring is 1. The van der Waals surface area contributed by atoms with Crippen molar-refractivity contribution in [1.82, 2.24) is 14.9 Å². The molecular formula is C25H28F5N5O. The van der Waals surface area contributed by atoms with Gasteiger partial charge in [-0.25, -0.2) is 18.7 Å². The summed E-state index contributed by atoms with van der Waals surface area (Å²) >= 11 is 0. The minimum Gasteiger partial charge on any atom is -0.489 e. The van der Waals surface area contributed by atoms with E-state index >= 15 is 0 Å². The highest BCUT2D eigenvalue weighted by Crippen LogP contribution is 2.37. The van der Waals surface area contributed by atoms with Gasteiger partial charge >= 0.3 is 6.18 Å². The lowest BCUT2D eigenvalue weighted by molar-refractivity contribution is -0.140. The summed E-state index contributed by atoms with van der Waals surface area (Å²) in [5, 5.41) is 3.33. The third-order valence-electron chi connectivity index (χ3n) is 6.73. The zero-order chi connectivity index (χ0) is 26.4. The summed E-state index contributed by atoms with van der Waals surface area (Å²) in [7, 11) is 2.00. The smallest absolute Gasteiger partial charge is 0.419 e.